The summed E-state index contributed by atoms with van der Waals surface area (Å²) >= 11 is 0. The molecule has 2 aromatic rings. The van der Waals surface area contributed by atoms with Crippen LogP contribution in [0.4, 0.5) is 4.39 Å². The van der Waals surface area contributed by atoms with Crippen molar-refractivity contribution in [1.29, 1.82) is 0 Å². The topological polar surface area (TPSA) is 76.5 Å². The van der Waals surface area contributed by atoms with Gasteiger partial charge >= 0.3 is 11.9 Å². The normalized spacial score (nSPS) is 10.1. The fraction of sp³-hybridized carbons (Fsp3) is 0.0714. The van der Waals surface area contributed by atoms with E-state index in [1.54, 1.807) is 0 Å². The van der Waals surface area contributed by atoms with E-state index in [1.807, 2.05) is 0 Å². The third kappa shape index (κ3) is 2.49. The standard InChI is InChI=1S/C14H10FNO4/c1-20-14(19)10-7-8(4-5-11(10)15)12-9(13(17)18)3-2-6-16-12/h2-7H,1H3,(H,17,18). The number of hydrogen-bond donors (Lipinski definition) is 1. The van der Waals surface area contributed by atoms with E-state index in [2.05, 4.69) is 9.72 Å². The summed E-state index contributed by atoms with van der Waals surface area (Å²) in [5.41, 5.74) is 0.178. The minimum absolute atomic E-state index is 0.0325. The van der Waals surface area contributed by atoms with Crippen LogP contribution < -0.4 is 0 Å². The Hall–Kier alpha value is -2.76. The van der Waals surface area contributed by atoms with Gasteiger partial charge in [-0.1, -0.05) is 0 Å². The maximum Gasteiger partial charge on any atom is 0.340 e. The summed E-state index contributed by atoms with van der Waals surface area (Å²) in [5, 5.41) is 9.10. The molecule has 0 unspecified atom stereocenters. The number of carbonyl (C=O) groups is 2. The van der Waals surface area contributed by atoms with Gasteiger partial charge in [0.1, 0.15) is 5.82 Å². The lowest BCUT2D eigenvalue weighted by atomic mass is 10.0. The molecule has 1 heterocycles. The van der Waals surface area contributed by atoms with E-state index in [4.69, 9.17) is 5.11 Å². The number of aromatic carboxylic acids is 1. The van der Waals surface area contributed by atoms with Gasteiger partial charge in [0.25, 0.3) is 0 Å². The molecule has 1 N–H and O–H groups in total. The molecule has 0 spiro atoms. The zero-order valence-electron chi connectivity index (χ0n) is 10.5. The number of ether oxygens (including phenoxy) is 1. The van der Waals surface area contributed by atoms with Crippen molar-refractivity contribution in [2.45, 2.75) is 0 Å². The largest absolute Gasteiger partial charge is 0.478 e. The van der Waals surface area contributed by atoms with Crippen molar-refractivity contribution >= 4 is 11.9 Å². The highest BCUT2D eigenvalue weighted by molar-refractivity contribution is 5.96. The Labute approximate surface area is 113 Å². The second kappa shape index (κ2) is 5.48. The Balaban J connectivity index is 2.60. The molecule has 0 atom stereocenters. The van der Waals surface area contributed by atoms with Crippen LogP contribution >= 0.6 is 0 Å². The van der Waals surface area contributed by atoms with Crippen molar-refractivity contribution in [1.82, 2.24) is 4.98 Å². The van der Waals surface area contributed by atoms with Gasteiger partial charge in [0.05, 0.1) is 23.9 Å². The summed E-state index contributed by atoms with van der Waals surface area (Å²) in [6.45, 7) is 0. The quantitative estimate of drug-likeness (QED) is 0.870. The van der Waals surface area contributed by atoms with E-state index in [0.29, 0.717) is 5.56 Å². The lowest BCUT2D eigenvalue weighted by Crippen LogP contribution is -2.06. The molecule has 1 aromatic carbocycles. The Morgan fingerprint density at radius 3 is 2.65 bits per heavy atom. The van der Waals surface area contributed by atoms with Gasteiger partial charge in [-0.2, -0.15) is 0 Å². The highest BCUT2D eigenvalue weighted by Crippen LogP contribution is 2.24. The Kier molecular flexibility index (Phi) is 3.74. The first kappa shape index (κ1) is 13.7. The molecule has 0 aliphatic carbocycles. The van der Waals surface area contributed by atoms with E-state index < -0.39 is 17.8 Å². The Bertz CT molecular complexity index is 685. The first-order chi connectivity index (χ1) is 9.54. The van der Waals surface area contributed by atoms with E-state index in [1.165, 1.54) is 30.5 Å². The molecule has 0 aliphatic rings. The van der Waals surface area contributed by atoms with Crippen molar-refractivity contribution in [3.05, 3.63) is 53.5 Å². The minimum Gasteiger partial charge on any atom is -0.478 e. The molecule has 6 heteroatoms. The summed E-state index contributed by atoms with van der Waals surface area (Å²) in [6, 6.07) is 6.51. The maximum atomic E-state index is 13.5. The van der Waals surface area contributed by atoms with Gasteiger partial charge in [-0.05, 0) is 30.3 Å². The number of benzene rings is 1. The van der Waals surface area contributed by atoms with Crippen molar-refractivity contribution in [3.8, 4) is 11.3 Å². The minimum atomic E-state index is -1.16. The Morgan fingerprint density at radius 1 is 1.25 bits per heavy atom. The molecule has 5 nitrogen and oxygen atoms in total. The molecule has 0 bridgehead atoms. The summed E-state index contributed by atoms with van der Waals surface area (Å²) < 4.78 is 18.0. The van der Waals surface area contributed by atoms with Gasteiger partial charge in [0, 0.05) is 11.8 Å². The van der Waals surface area contributed by atoms with E-state index in [0.717, 1.165) is 13.2 Å². The fourth-order valence-corrected chi connectivity index (χ4v) is 1.75. The van der Waals surface area contributed by atoms with E-state index in [9.17, 15) is 14.0 Å². The third-order valence-electron chi connectivity index (χ3n) is 2.68. The summed E-state index contributed by atoms with van der Waals surface area (Å²) in [6.07, 6.45) is 1.42. The lowest BCUT2D eigenvalue weighted by molar-refractivity contribution is 0.0594. The average molecular weight is 275 g/mol. The maximum absolute atomic E-state index is 13.5. The average Bonchev–Trinajstić information content (AvgIpc) is 2.47. The fourth-order valence-electron chi connectivity index (χ4n) is 1.75. The van der Waals surface area contributed by atoms with Crippen LogP contribution in [-0.4, -0.2) is 29.1 Å². The third-order valence-corrected chi connectivity index (χ3v) is 2.68. The van der Waals surface area contributed by atoms with E-state index in [-0.39, 0.29) is 16.8 Å². The van der Waals surface area contributed by atoms with Gasteiger partial charge in [-0.3, -0.25) is 4.98 Å². The number of carboxylic acids is 1. The van der Waals surface area contributed by atoms with E-state index >= 15 is 0 Å². The monoisotopic (exact) mass is 275 g/mol. The molecule has 0 saturated heterocycles. The van der Waals surface area contributed by atoms with Gasteiger partial charge < -0.3 is 9.84 Å². The van der Waals surface area contributed by atoms with Crippen LogP contribution in [0.15, 0.2) is 36.5 Å². The first-order valence-corrected chi connectivity index (χ1v) is 5.61. The highest BCUT2D eigenvalue weighted by atomic mass is 19.1. The SMILES string of the molecule is COC(=O)c1cc(-c2ncccc2C(=O)O)ccc1F. The van der Waals surface area contributed by atoms with Crippen LogP contribution in [0, 0.1) is 5.82 Å². The number of rotatable bonds is 3. The van der Waals surface area contributed by atoms with Crippen LogP contribution in [0.25, 0.3) is 11.3 Å². The molecule has 0 fully saturated rings. The number of carboxylic acid groups (broad SMARTS) is 1. The molecule has 0 amide bonds. The number of nitrogens with zero attached hydrogens (tertiary/aromatic N) is 1. The number of halogens is 1. The highest BCUT2D eigenvalue weighted by Gasteiger charge is 2.17. The number of esters is 1. The smallest absolute Gasteiger partial charge is 0.340 e. The molecule has 1 aromatic heterocycles. The van der Waals surface area contributed by atoms with Crippen LogP contribution in [0.2, 0.25) is 0 Å². The van der Waals surface area contributed by atoms with Gasteiger partial charge in [0.15, 0.2) is 0 Å². The lowest BCUT2D eigenvalue weighted by Gasteiger charge is -2.07. The van der Waals surface area contributed by atoms with Crippen LogP contribution in [0.3, 0.4) is 0 Å². The number of methoxy groups -OCH3 is 1. The van der Waals surface area contributed by atoms with Crippen LogP contribution in [0.1, 0.15) is 20.7 Å². The number of hydrogen-bond acceptors (Lipinski definition) is 4. The molecule has 0 saturated carbocycles. The molecule has 0 aliphatic heterocycles. The zero-order valence-corrected chi connectivity index (χ0v) is 10.5. The molecular formula is C14H10FNO4. The zero-order chi connectivity index (χ0) is 14.7. The second-order valence-corrected chi connectivity index (χ2v) is 3.89. The summed E-state index contributed by atoms with van der Waals surface area (Å²) in [4.78, 5) is 26.5. The molecule has 20 heavy (non-hydrogen) atoms. The van der Waals surface area contributed by atoms with Gasteiger partial charge in [-0.25, -0.2) is 14.0 Å². The van der Waals surface area contributed by atoms with Crippen molar-refractivity contribution in [3.63, 3.8) is 0 Å². The Morgan fingerprint density at radius 2 is 2.00 bits per heavy atom. The van der Waals surface area contributed by atoms with Crippen molar-refractivity contribution in [2.24, 2.45) is 0 Å². The van der Waals surface area contributed by atoms with Gasteiger partial charge in [-0.15, -0.1) is 0 Å². The summed E-state index contributed by atoms with van der Waals surface area (Å²) in [7, 11) is 1.14. The predicted octanol–water partition coefficient (Wildman–Crippen LogP) is 2.37. The first-order valence-electron chi connectivity index (χ1n) is 5.61. The predicted molar refractivity (Wildman–Crippen MR) is 67.9 cm³/mol. The molecular weight excluding hydrogens is 265 g/mol. The number of pyridine rings is 1. The number of carbonyl (C=O) groups excluding carboxylic acids is 1. The molecule has 102 valence electrons. The summed E-state index contributed by atoms with van der Waals surface area (Å²) in [5.74, 6) is -2.73. The second-order valence-electron chi connectivity index (χ2n) is 3.89. The van der Waals surface area contributed by atoms with Crippen molar-refractivity contribution in [2.75, 3.05) is 7.11 Å². The van der Waals surface area contributed by atoms with Crippen LogP contribution in [-0.2, 0) is 4.74 Å². The van der Waals surface area contributed by atoms with Crippen molar-refractivity contribution < 1.29 is 23.8 Å². The van der Waals surface area contributed by atoms with Gasteiger partial charge in [0.2, 0.25) is 0 Å². The van der Waals surface area contributed by atoms with Crippen LogP contribution in [0.5, 0.6) is 0 Å². The molecule has 2 rings (SSSR count). The number of aromatic nitrogens is 1. The molecule has 0 radical (unpaired) electrons.